The Bertz CT molecular complexity index is 166. The lowest BCUT2D eigenvalue weighted by Gasteiger charge is -1.93. The second-order valence-electron chi connectivity index (χ2n) is 1.86. The molecule has 0 saturated carbocycles. The largest absolute Gasteiger partial charge is 0.411 e. The second kappa shape index (κ2) is 7.21. The van der Waals surface area contributed by atoms with Crippen LogP contribution in [-0.4, -0.2) is 27.7 Å². The highest BCUT2D eigenvalue weighted by Crippen LogP contribution is 1.92. The van der Waals surface area contributed by atoms with Crippen LogP contribution in [0.15, 0.2) is 17.8 Å². The number of nitrogens with zero attached hydrogens (tertiary/aromatic N) is 1. The third-order valence-corrected chi connectivity index (χ3v) is 1.14. The average Bonchev–Trinajstić information content (AvgIpc) is 1.99. The molecule has 1 N–H and O–H groups in total. The monoisotopic (exact) mass is 173 g/mol. The second-order valence-corrected chi connectivity index (χ2v) is 1.86. The Hall–Kier alpha value is -0.903. The molecule has 11 heavy (non-hydrogen) atoms. The molecule has 0 amide bonds. The zero-order valence-electron chi connectivity index (χ0n) is 6.00. The topological polar surface area (TPSA) is 49.7 Å². The van der Waals surface area contributed by atoms with Crippen molar-refractivity contribution in [2.24, 2.45) is 5.16 Å². The number of rotatable bonds is 4. The smallest absolute Gasteiger partial charge is 0.138 e. The highest BCUT2D eigenvalue weighted by molar-refractivity contribution is 6.07. The molecule has 0 aliphatic rings. The number of carbonyl (C=O) groups is 1. The molecule has 0 unspecified atom stereocenters. The van der Waals surface area contributed by atoms with Gasteiger partial charge in [-0.2, -0.15) is 0 Å². The summed E-state index contributed by atoms with van der Waals surface area (Å²) < 4.78 is 0. The van der Waals surface area contributed by atoms with E-state index in [1.165, 1.54) is 6.08 Å². The lowest BCUT2D eigenvalue weighted by molar-refractivity contribution is -0.117. The molecular formula is C7H15NO2Si. The molecule has 4 heteroatoms. The molecule has 0 saturated heterocycles. The van der Waals surface area contributed by atoms with Crippen LogP contribution in [-0.2, 0) is 4.79 Å². The Balaban J connectivity index is 0. The Labute approximate surface area is 70.8 Å². The van der Waals surface area contributed by atoms with Crippen molar-refractivity contribution in [2.75, 3.05) is 0 Å². The van der Waals surface area contributed by atoms with Crippen molar-refractivity contribution in [1.82, 2.24) is 0 Å². The quantitative estimate of drug-likeness (QED) is 0.280. The predicted molar refractivity (Wildman–Crippen MR) is 50.7 cm³/mol. The summed E-state index contributed by atoms with van der Waals surface area (Å²) in [6.07, 6.45) is 2.01. The maximum Gasteiger partial charge on any atom is 0.138 e. The van der Waals surface area contributed by atoms with Gasteiger partial charge >= 0.3 is 0 Å². The zero-order valence-corrected chi connectivity index (χ0v) is 6.00. The molecule has 0 atom stereocenters. The maximum absolute atomic E-state index is 10.7. The summed E-state index contributed by atoms with van der Waals surface area (Å²) in [5.41, 5.74) is 0.326. The number of hydrogen-bond donors (Lipinski definition) is 1. The number of hydrogen-bond acceptors (Lipinski definition) is 3. The molecule has 0 aliphatic carbocycles. The molecule has 3 nitrogen and oxygen atoms in total. The number of ketones is 1. The van der Waals surface area contributed by atoms with Gasteiger partial charge in [-0.1, -0.05) is 18.7 Å². The highest BCUT2D eigenvalue weighted by atomic mass is 28.1. The average molecular weight is 173 g/mol. The van der Waals surface area contributed by atoms with E-state index in [2.05, 4.69) is 11.7 Å². The van der Waals surface area contributed by atoms with E-state index in [0.717, 1.165) is 0 Å². The summed E-state index contributed by atoms with van der Waals surface area (Å²) in [7, 11) is 0. The fraction of sp³-hybridized carbons (Fsp3) is 0.429. The Morgan fingerprint density at radius 3 is 2.55 bits per heavy atom. The Morgan fingerprint density at radius 1 is 1.73 bits per heavy atom. The number of allylic oxidation sites excluding steroid dienone is 1. The molecule has 0 aromatic carbocycles. The minimum Gasteiger partial charge on any atom is -0.411 e. The summed E-state index contributed by atoms with van der Waals surface area (Å²) in [5, 5.41) is 11.1. The van der Waals surface area contributed by atoms with Gasteiger partial charge in [0.1, 0.15) is 5.78 Å². The maximum atomic E-state index is 10.7. The van der Waals surface area contributed by atoms with Gasteiger partial charge in [-0.15, -0.1) is 0 Å². The van der Waals surface area contributed by atoms with E-state index < -0.39 is 0 Å². The summed E-state index contributed by atoms with van der Waals surface area (Å²) in [6, 6.07) is 0. The van der Waals surface area contributed by atoms with Crippen molar-refractivity contribution in [2.45, 2.75) is 19.8 Å². The first kappa shape index (κ1) is 12.7. The van der Waals surface area contributed by atoms with Crippen molar-refractivity contribution >= 4 is 22.5 Å². The number of carbonyl (C=O) groups excluding carboxylic acids is 1. The molecule has 0 bridgehead atoms. The zero-order chi connectivity index (χ0) is 7.98. The van der Waals surface area contributed by atoms with Crippen LogP contribution in [0, 0.1) is 0 Å². The van der Waals surface area contributed by atoms with Crippen LogP contribution in [0.25, 0.3) is 0 Å². The standard InChI is InChI=1S/C7H11NO2.H4Si/c1-3-6(8-10)5-7(9)4-2;/h3,10H,1,4-5H2,2H3;1H4. The van der Waals surface area contributed by atoms with Crippen molar-refractivity contribution in [3.8, 4) is 0 Å². The van der Waals surface area contributed by atoms with Gasteiger partial charge in [0.25, 0.3) is 0 Å². The van der Waals surface area contributed by atoms with Crippen LogP contribution in [0.1, 0.15) is 19.8 Å². The molecule has 0 heterocycles. The van der Waals surface area contributed by atoms with Crippen molar-refractivity contribution < 1.29 is 10.0 Å². The first-order valence-electron chi connectivity index (χ1n) is 3.09. The SMILES string of the molecule is C=CC(CC(=O)CC)=NO.[SiH4]. The van der Waals surface area contributed by atoms with Gasteiger partial charge in [0.2, 0.25) is 0 Å². The molecular weight excluding hydrogens is 158 g/mol. The van der Waals surface area contributed by atoms with Gasteiger partial charge in [-0.3, -0.25) is 4.79 Å². The van der Waals surface area contributed by atoms with Gasteiger partial charge in [-0.25, -0.2) is 0 Å². The van der Waals surface area contributed by atoms with E-state index in [9.17, 15) is 4.79 Å². The first-order valence-corrected chi connectivity index (χ1v) is 3.09. The van der Waals surface area contributed by atoms with Crippen molar-refractivity contribution in [3.05, 3.63) is 12.7 Å². The fourth-order valence-corrected chi connectivity index (χ4v) is 0.475. The number of Topliss-reactive ketones (excluding diaryl/α,β-unsaturated/α-hetero) is 1. The van der Waals surface area contributed by atoms with Gasteiger partial charge < -0.3 is 5.21 Å². The molecule has 0 rings (SSSR count). The normalized spacial score (nSPS) is 10.1. The van der Waals surface area contributed by atoms with Crippen LogP contribution >= 0.6 is 0 Å². The van der Waals surface area contributed by atoms with Crippen LogP contribution in [0.4, 0.5) is 0 Å². The Kier molecular flexibility index (Phi) is 8.35. The lowest BCUT2D eigenvalue weighted by Crippen LogP contribution is -2.03. The predicted octanol–water partition coefficient (Wildman–Crippen LogP) is -0.0798. The molecule has 64 valence electrons. The molecule has 0 aromatic heterocycles. The van der Waals surface area contributed by atoms with Crippen LogP contribution in [0.2, 0.25) is 0 Å². The summed E-state index contributed by atoms with van der Waals surface area (Å²) >= 11 is 0. The molecule has 0 aliphatic heterocycles. The van der Waals surface area contributed by atoms with E-state index in [1.54, 1.807) is 6.92 Å². The third-order valence-electron chi connectivity index (χ3n) is 1.14. The lowest BCUT2D eigenvalue weighted by atomic mass is 10.1. The van der Waals surface area contributed by atoms with Crippen LogP contribution in [0.5, 0.6) is 0 Å². The summed E-state index contributed by atoms with van der Waals surface area (Å²) in [4.78, 5) is 10.7. The van der Waals surface area contributed by atoms with Crippen LogP contribution < -0.4 is 0 Å². The summed E-state index contributed by atoms with van der Waals surface area (Å²) in [5.74, 6) is 0.0488. The van der Waals surface area contributed by atoms with Gasteiger partial charge in [0, 0.05) is 6.42 Å². The Morgan fingerprint density at radius 2 is 2.27 bits per heavy atom. The molecule has 0 spiro atoms. The first-order chi connectivity index (χ1) is 4.74. The van der Waals surface area contributed by atoms with Gasteiger partial charge in [0.05, 0.1) is 12.1 Å². The molecule has 0 radical (unpaired) electrons. The molecule has 0 fully saturated rings. The minimum atomic E-state index is 0. The van der Waals surface area contributed by atoms with Gasteiger partial charge in [-0.05, 0) is 17.0 Å². The minimum absolute atomic E-state index is 0. The summed E-state index contributed by atoms with van der Waals surface area (Å²) in [6.45, 7) is 5.14. The van der Waals surface area contributed by atoms with E-state index in [4.69, 9.17) is 5.21 Å². The van der Waals surface area contributed by atoms with Crippen LogP contribution in [0.3, 0.4) is 0 Å². The van der Waals surface area contributed by atoms with E-state index in [1.807, 2.05) is 0 Å². The van der Waals surface area contributed by atoms with E-state index >= 15 is 0 Å². The van der Waals surface area contributed by atoms with E-state index in [0.29, 0.717) is 12.1 Å². The number of oxime groups is 1. The van der Waals surface area contributed by atoms with Gasteiger partial charge in [0.15, 0.2) is 0 Å². The van der Waals surface area contributed by atoms with Crippen molar-refractivity contribution in [3.63, 3.8) is 0 Å². The fourth-order valence-electron chi connectivity index (χ4n) is 0.475. The van der Waals surface area contributed by atoms with Crippen molar-refractivity contribution in [1.29, 1.82) is 0 Å². The third kappa shape index (κ3) is 5.54. The molecule has 0 aromatic rings. The van der Waals surface area contributed by atoms with E-state index in [-0.39, 0.29) is 23.2 Å². The highest BCUT2D eigenvalue weighted by Gasteiger charge is 2.01.